The number of H-pyrrole nitrogens is 1. The van der Waals surface area contributed by atoms with Gasteiger partial charge in [0.2, 0.25) is 0 Å². The molecular weight excluding hydrogens is 488 g/mol. The quantitative estimate of drug-likeness (QED) is 0.320. The Morgan fingerprint density at radius 3 is 2.52 bits per heavy atom. The molecule has 1 aromatic carbocycles. The third kappa shape index (κ3) is 3.98. The largest absolute Gasteiger partial charge is 0.484 e. The molecule has 4 heterocycles. The summed E-state index contributed by atoms with van der Waals surface area (Å²) in [5.41, 5.74) is 2.40. The zero-order valence-corrected chi connectivity index (χ0v) is 20.0. The fourth-order valence-electron chi connectivity index (χ4n) is 3.99. The Labute approximate surface area is 204 Å². The molecule has 10 heteroatoms. The highest BCUT2D eigenvalue weighted by Crippen LogP contribution is 2.39. The van der Waals surface area contributed by atoms with E-state index < -0.39 is 6.10 Å². The molecule has 1 N–H and O–H groups in total. The number of benzene rings is 1. The lowest BCUT2D eigenvalue weighted by Gasteiger charge is -2.39. The molecule has 0 radical (unpaired) electrons. The van der Waals surface area contributed by atoms with E-state index in [9.17, 15) is 4.39 Å². The Balaban J connectivity index is 1.50. The third-order valence-electron chi connectivity index (χ3n) is 5.90. The molecule has 0 amide bonds. The number of pyridine rings is 2. The summed E-state index contributed by atoms with van der Waals surface area (Å²) in [5, 5.41) is 9.21. The first-order valence-electron chi connectivity index (χ1n) is 10.4. The Kier molecular flexibility index (Phi) is 5.80. The average molecular weight is 507 g/mol. The van der Waals surface area contributed by atoms with Gasteiger partial charge in [0.05, 0.1) is 20.6 Å². The summed E-state index contributed by atoms with van der Waals surface area (Å²) in [5.74, 6) is 0.406. The lowest BCUT2D eigenvalue weighted by molar-refractivity contribution is 0.227. The molecule has 1 saturated heterocycles. The van der Waals surface area contributed by atoms with Crippen LogP contribution in [0.4, 0.5) is 10.2 Å². The van der Waals surface area contributed by atoms with Gasteiger partial charge in [0.1, 0.15) is 17.5 Å². The molecule has 0 bridgehead atoms. The van der Waals surface area contributed by atoms with Crippen LogP contribution >= 0.6 is 34.8 Å². The second-order valence-corrected chi connectivity index (χ2v) is 9.26. The molecule has 170 valence electrons. The topological polar surface area (TPSA) is 66.9 Å². The van der Waals surface area contributed by atoms with E-state index in [0.29, 0.717) is 49.0 Å². The summed E-state index contributed by atoms with van der Waals surface area (Å²) < 4.78 is 21.0. The Bertz CT molecular complexity index is 1340. The highest BCUT2D eigenvalue weighted by atomic mass is 35.5. The van der Waals surface area contributed by atoms with Crippen LogP contribution in [0.2, 0.25) is 15.1 Å². The van der Waals surface area contributed by atoms with Crippen LogP contribution in [0, 0.1) is 5.82 Å². The highest BCUT2D eigenvalue weighted by Gasteiger charge is 2.27. The molecule has 1 aliphatic heterocycles. The van der Waals surface area contributed by atoms with E-state index in [0.717, 1.165) is 18.4 Å². The minimum absolute atomic E-state index is 0.287. The number of fused-ring (bicyclic) bond motifs is 1. The van der Waals surface area contributed by atoms with Crippen molar-refractivity contribution in [3.63, 3.8) is 0 Å². The van der Waals surface area contributed by atoms with Gasteiger partial charge in [0.15, 0.2) is 11.6 Å². The molecule has 2 atom stereocenters. The van der Waals surface area contributed by atoms with Crippen molar-refractivity contribution in [2.75, 3.05) is 11.4 Å². The molecular formula is C23H19Cl3FN5O. The van der Waals surface area contributed by atoms with Crippen LogP contribution in [0.5, 0.6) is 5.75 Å². The first-order valence-corrected chi connectivity index (χ1v) is 11.5. The van der Waals surface area contributed by atoms with Gasteiger partial charge in [-0.2, -0.15) is 5.10 Å². The van der Waals surface area contributed by atoms with Gasteiger partial charge < -0.3 is 9.64 Å². The van der Waals surface area contributed by atoms with E-state index in [-0.39, 0.29) is 11.9 Å². The summed E-state index contributed by atoms with van der Waals surface area (Å²) >= 11 is 19.0. The van der Waals surface area contributed by atoms with Gasteiger partial charge in [-0.25, -0.2) is 9.37 Å². The maximum Gasteiger partial charge on any atom is 0.166 e. The number of hydrogen-bond donors (Lipinski definition) is 1. The lowest BCUT2D eigenvalue weighted by Crippen LogP contribution is -2.46. The summed E-state index contributed by atoms with van der Waals surface area (Å²) in [6.45, 7) is 4.68. The van der Waals surface area contributed by atoms with E-state index in [1.54, 1.807) is 18.3 Å². The van der Waals surface area contributed by atoms with Crippen molar-refractivity contribution in [1.82, 2.24) is 20.2 Å². The molecule has 5 rings (SSSR count). The van der Waals surface area contributed by atoms with Crippen molar-refractivity contribution < 1.29 is 9.13 Å². The molecule has 1 unspecified atom stereocenters. The Hall–Kier alpha value is -2.61. The predicted molar refractivity (Wildman–Crippen MR) is 129 cm³/mol. The van der Waals surface area contributed by atoms with Gasteiger partial charge in [0.25, 0.3) is 0 Å². The van der Waals surface area contributed by atoms with E-state index >= 15 is 0 Å². The fourth-order valence-corrected chi connectivity index (χ4v) is 4.87. The van der Waals surface area contributed by atoms with E-state index in [4.69, 9.17) is 39.5 Å². The number of aromatic nitrogens is 4. The molecule has 0 aliphatic carbocycles. The van der Waals surface area contributed by atoms with E-state index in [2.05, 4.69) is 27.1 Å². The van der Waals surface area contributed by atoms with Crippen LogP contribution in [0.25, 0.3) is 22.2 Å². The maximum absolute atomic E-state index is 14.8. The lowest BCUT2D eigenvalue weighted by atomic mass is 10.0. The second kappa shape index (κ2) is 8.63. The minimum atomic E-state index is -0.491. The summed E-state index contributed by atoms with van der Waals surface area (Å²) in [6.07, 6.45) is 5.19. The molecule has 6 nitrogen and oxygen atoms in total. The van der Waals surface area contributed by atoms with Crippen LogP contribution in [-0.4, -0.2) is 32.8 Å². The van der Waals surface area contributed by atoms with E-state index in [1.807, 2.05) is 11.8 Å². The van der Waals surface area contributed by atoms with Crippen molar-refractivity contribution in [2.24, 2.45) is 0 Å². The molecule has 33 heavy (non-hydrogen) atoms. The average Bonchev–Trinajstić information content (AvgIpc) is 3.16. The van der Waals surface area contributed by atoms with Crippen molar-refractivity contribution in [3.8, 4) is 17.0 Å². The Morgan fingerprint density at radius 2 is 1.88 bits per heavy atom. The number of ether oxygens (including phenoxy) is 1. The van der Waals surface area contributed by atoms with Crippen LogP contribution in [0.15, 0.2) is 36.8 Å². The van der Waals surface area contributed by atoms with Crippen molar-refractivity contribution in [3.05, 3.63) is 63.2 Å². The molecule has 0 spiro atoms. The summed E-state index contributed by atoms with van der Waals surface area (Å²) in [6, 6.07) is 5.22. The van der Waals surface area contributed by atoms with Crippen LogP contribution in [0.1, 0.15) is 31.9 Å². The number of hydrogen-bond acceptors (Lipinski definition) is 5. The molecule has 0 saturated carbocycles. The second-order valence-electron chi connectivity index (χ2n) is 8.04. The first-order chi connectivity index (χ1) is 15.8. The smallest absolute Gasteiger partial charge is 0.166 e. The van der Waals surface area contributed by atoms with E-state index in [1.165, 1.54) is 18.5 Å². The zero-order valence-electron chi connectivity index (χ0n) is 17.7. The van der Waals surface area contributed by atoms with Gasteiger partial charge >= 0.3 is 0 Å². The Morgan fingerprint density at radius 1 is 1.12 bits per heavy atom. The van der Waals surface area contributed by atoms with Gasteiger partial charge in [-0.1, -0.05) is 34.8 Å². The third-order valence-corrected chi connectivity index (χ3v) is 6.80. The molecule has 3 aromatic heterocycles. The number of anilines is 1. The monoisotopic (exact) mass is 505 g/mol. The minimum Gasteiger partial charge on any atom is -0.484 e. The van der Waals surface area contributed by atoms with Gasteiger partial charge in [-0.15, -0.1) is 0 Å². The number of nitrogens with zero attached hydrogens (tertiary/aromatic N) is 4. The van der Waals surface area contributed by atoms with Crippen LogP contribution in [-0.2, 0) is 0 Å². The number of rotatable bonds is 5. The molecule has 1 aliphatic rings. The number of nitrogens with one attached hydrogen (secondary N) is 1. The predicted octanol–water partition coefficient (Wildman–Crippen LogP) is 6.86. The summed E-state index contributed by atoms with van der Waals surface area (Å²) in [4.78, 5) is 10.3. The van der Waals surface area contributed by atoms with Crippen LogP contribution in [0.3, 0.4) is 0 Å². The number of halogens is 4. The van der Waals surface area contributed by atoms with Crippen molar-refractivity contribution >= 4 is 51.5 Å². The maximum atomic E-state index is 14.8. The van der Waals surface area contributed by atoms with Gasteiger partial charge in [0, 0.05) is 47.7 Å². The van der Waals surface area contributed by atoms with Crippen molar-refractivity contribution in [1.29, 1.82) is 0 Å². The number of aromatic amines is 1. The molecule has 1 fully saturated rings. The normalized spacial score (nSPS) is 16.7. The van der Waals surface area contributed by atoms with Gasteiger partial charge in [-0.05, 0) is 38.5 Å². The van der Waals surface area contributed by atoms with Crippen LogP contribution < -0.4 is 9.64 Å². The highest BCUT2D eigenvalue weighted by molar-refractivity contribution is 6.36. The van der Waals surface area contributed by atoms with Gasteiger partial charge in [-0.3, -0.25) is 10.1 Å². The fraction of sp³-hybridized carbons (Fsp3) is 0.261. The molecule has 4 aromatic rings. The summed E-state index contributed by atoms with van der Waals surface area (Å²) in [7, 11) is 0. The first kappa shape index (κ1) is 22.2. The standard InChI is InChI=1S/C23H19Cl3FN5O/c1-11-3-4-32(11)23-18(27)5-13(8-29-23)22-14-6-20(15(24)7-19(14)30-31-22)33-12(2)21-16(25)9-28-10-17(21)26/h5-12H,3-4H2,1-2H3,(H,30,31)/t11-,12?/m1/s1. The van der Waals surface area contributed by atoms with Crippen molar-refractivity contribution in [2.45, 2.75) is 32.4 Å². The zero-order chi connectivity index (χ0) is 23.3. The SMILES string of the molecule is CC(Oc1cc2c(-c3cnc(N4CC[C@H]4C)c(F)c3)n[nH]c2cc1Cl)c1c(Cl)cncc1Cl.